The Hall–Kier alpha value is -1.88. The van der Waals surface area contributed by atoms with Gasteiger partial charge in [0.05, 0.1) is 5.41 Å². The Morgan fingerprint density at radius 1 is 1.04 bits per heavy atom. The molecule has 2 aromatic rings. The molecule has 0 unspecified atom stereocenters. The van der Waals surface area contributed by atoms with Gasteiger partial charge in [-0.1, -0.05) is 54.1 Å². The molecule has 2 atom stereocenters. The van der Waals surface area contributed by atoms with Crippen LogP contribution in [-0.4, -0.2) is 43.2 Å². The standard InChI is InChI=1S/C22H25ClN2O2/c23-18-8-6-17(7-9-18)22(10-12-27-13-11-22)21(26)25-14-19(20(24)15-25)16-4-2-1-3-5-16/h1-9,19-20H,10-15,24H2/t19-,20+/m0/s1. The number of ether oxygens (including phenoxy) is 1. The van der Waals surface area contributed by atoms with E-state index in [2.05, 4.69) is 12.1 Å². The van der Waals surface area contributed by atoms with Crippen molar-refractivity contribution in [1.82, 2.24) is 4.90 Å². The maximum absolute atomic E-state index is 13.7. The van der Waals surface area contributed by atoms with Crippen molar-refractivity contribution in [2.45, 2.75) is 30.2 Å². The molecule has 2 heterocycles. The third-order valence-electron chi connectivity index (χ3n) is 6.03. The van der Waals surface area contributed by atoms with E-state index in [0.717, 1.165) is 5.56 Å². The lowest BCUT2D eigenvalue weighted by Gasteiger charge is -2.39. The first kappa shape index (κ1) is 18.5. The molecule has 1 amide bonds. The topological polar surface area (TPSA) is 55.6 Å². The van der Waals surface area contributed by atoms with Crippen molar-refractivity contribution >= 4 is 17.5 Å². The number of nitrogens with two attached hydrogens (primary N) is 1. The minimum Gasteiger partial charge on any atom is -0.381 e. The second-order valence-corrected chi connectivity index (χ2v) is 8.03. The number of hydrogen-bond donors (Lipinski definition) is 1. The Morgan fingerprint density at radius 3 is 2.37 bits per heavy atom. The highest BCUT2D eigenvalue weighted by Crippen LogP contribution is 2.39. The normalized spacial score (nSPS) is 24.7. The molecule has 27 heavy (non-hydrogen) atoms. The lowest BCUT2D eigenvalue weighted by molar-refractivity contribution is -0.140. The van der Waals surface area contributed by atoms with Gasteiger partial charge in [0.25, 0.3) is 0 Å². The molecule has 0 aromatic heterocycles. The Labute approximate surface area is 165 Å². The summed E-state index contributed by atoms with van der Waals surface area (Å²) in [6.07, 6.45) is 1.38. The lowest BCUT2D eigenvalue weighted by atomic mass is 9.73. The van der Waals surface area contributed by atoms with Gasteiger partial charge in [-0.15, -0.1) is 0 Å². The van der Waals surface area contributed by atoms with Crippen LogP contribution in [0.1, 0.15) is 29.9 Å². The van der Waals surface area contributed by atoms with E-state index in [1.807, 2.05) is 47.4 Å². The van der Waals surface area contributed by atoms with Gasteiger partial charge in [0.2, 0.25) is 5.91 Å². The van der Waals surface area contributed by atoms with Crippen molar-refractivity contribution in [3.8, 4) is 0 Å². The molecule has 2 fully saturated rings. The zero-order valence-electron chi connectivity index (χ0n) is 15.3. The molecule has 5 heteroatoms. The van der Waals surface area contributed by atoms with E-state index in [9.17, 15) is 4.79 Å². The number of carbonyl (C=O) groups is 1. The fourth-order valence-corrected chi connectivity index (χ4v) is 4.59. The summed E-state index contributed by atoms with van der Waals surface area (Å²) in [6, 6.07) is 17.9. The van der Waals surface area contributed by atoms with Crippen molar-refractivity contribution in [2.75, 3.05) is 26.3 Å². The summed E-state index contributed by atoms with van der Waals surface area (Å²) in [5.74, 6) is 0.347. The van der Waals surface area contributed by atoms with Crippen LogP contribution in [-0.2, 0) is 14.9 Å². The molecule has 0 spiro atoms. The van der Waals surface area contributed by atoms with Gasteiger partial charge >= 0.3 is 0 Å². The largest absolute Gasteiger partial charge is 0.381 e. The average molecular weight is 385 g/mol. The van der Waals surface area contributed by atoms with Crippen LogP contribution in [0, 0.1) is 0 Å². The summed E-state index contributed by atoms with van der Waals surface area (Å²) in [6.45, 7) is 2.45. The van der Waals surface area contributed by atoms with Crippen molar-refractivity contribution in [2.24, 2.45) is 5.73 Å². The van der Waals surface area contributed by atoms with E-state index in [4.69, 9.17) is 22.1 Å². The van der Waals surface area contributed by atoms with Gasteiger partial charge in [0.15, 0.2) is 0 Å². The van der Waals surface area contributed by atoms with Crippen LogP contribution >= 0.6 is 11.6 Å². The number of nitrogens with zero attached hydrogens (tertiary/aromatic N) is 1. The first-order valence-electron chi connectivity index (χ1n) is 9.54. The van der Waals surface area contributed by atoms with Crippen LogP contribution in [0.2, 0.25) is 5.02 Å². The Bertz CT molecular complexity index is 788. The Kier molecular flexibility index (Phi) is 5.22. The minimum atomic E-state index is -0.547. The second-order valence-electron chi connectivity index (χ2n) is 7.59. The Morgan fingerprint density at radius 2 is 1.70 bits per heavy atom. The van der Waals surface area contributed by atoms with Crippen molar-refractivity contribution in [1.29, 1.82) is 0 Å². The highest BCUT2D eigenvalue weighted by Gasteiger charge is 2.46. The number of hydrogen-bond acceptors (Lipinski definition) is 3. The number of halogens is 1. The summed E-state index contributed by atoms with van der Waals surface area (Å²) in [7, 11) is 0. The molecule has 2 aromatic carbocycles. The molecular formula is C22H25ClN2O2. The number of rotatable bonds is 3. The van der Waals surface area contributed by atoms with E-state index in [1.54, 1.807) is 0 Å². The van der Waals surface area contributed by atoms with Crippen LogP contribution < -0.4 is 5.73 Å². The van der Waals surface area contributed by atoms with Crippen LogP contribution in [0.15, 0.2) is 54.6 Å². The highest BCUT2D eigenvalue weighted by atomic mass is 35.5. The van der Waals surface area contributed by atoms with Gasteiger partial charge in [-0.3, -0.25) is 4.79 Å². The SMILES string of the molecule is N[C@@H]1CN(C(=O)C2(c3ccc(Cl)cc3)CCOCC2)C[C@H]1c1ccccc1. The number of benzene rings is 2. The molecular weight excluding hydrogens is 360 g/mol. The smallest absolute Gasteiger partial charge is 0.233 e. The third kappa shape index (κ3) is 3.49. The quantitative estimate of drug-likeness (QED) is 0.882. The molecule has 142 valence electrons. The number of likely N-dealkylation sites (tertiary alicyclic amines) is 1. The molecule has 2 aliphatic heterocycles. The van der Waals surface area contributed by atoms with Gasteiger partial charge in [0, 0.05) is 43.3 Å². The van der Waals surface area contributed by atoms with Crippen LogP contribution in [0.5, 0.6) is 0 Å². The fraction of sp³-hybridized carbons (Fsp3) is 0.409. The molecule has 0 aliphatic carbocycles. The second kappa shape index (κ2) is 7.63. The maximum atomic E-state index is 13.7. The molecule has 0 saturated carbocycles. The lowest BCUT2D eigenvalue weighted by Crippen LogP contribution is -2.49. The minimum absolute atomic E-state index is 0.0431. The number of amides is 1. The van der Waals surface area contributed by atoms with Gasteiger partial charge in [-0.25, -0.2) is 0 Å². The summed E-state index contributed by atoms with van der Waals surface area (Å²) >= 11 is 6.07. The molecule has 0 bridgehead atoms. The summed E-state index contributed by atoms with van der Waals surface area (Å²) < 4.78 is 5.57. The van der Waals surface area contributed by atoms with E-state index in [1.165, 1.54) is 5.56 Å². The molecule has 2 N–H and O–H groups in total. The molecule has 4 nitrogen and oxygen atoms in total. The summed E-state index contributed by atoms with van der Waals surface area (Å²) in [4.78, 5) is 15.7. The van der Waals surface area contributed by atoms with Crippen molar-refractivity contribution in [3.05, 3.63) is 70.7 Å². The third-order valence-corrected chi connectivity index (χ3v) is 6.28. The average Bonchev–Trinajstić information content (AvgIpc) is 3.10. The maximum Gasteiger partial charge on any atom is 0.233 e. The predicted molar refractivity (Wildman–Crippen MR) is 107 cm³/mol. The first-order valence-corrected chi connectivity index (χ1v) is 9.92. The van der Waals surface area contributed by atoms with E-state index >= 15 is 0 Å². The van der Waals surface area contributed by atoms with E-state index in [-0.39, 0.29) is 17.9 Å². The zero-order chi connectivity index (χ0) is 18.9. The monoisotopic (exact) mass is 384 g/mol. The van der Waals surface area contributed by atoms with Gasteiger partial charge in [-0.05, 0) is 36.1 Å². The Balaban J connectivity index is 1.62. The molecule has 0 radical (unpaired) electrons. The van der Waals surface area contributed by atoms with E-state index < -0.39 is 5.41 Å². The van der Waals surface area contributed by atoms with E-state index in [0.29, 0.717) is 44.2 Å². The predicted octanol–water partition coefficient (Wildman–Crippen LogP) is 3.34. The summed E-state index contributed by atoms with van der Waals surface area (Å²) in [5, 5.41) is 0.681. The van der Waals surface area contributed by atoms with Gasteiger partial charge in [0.1, 0.15) is 0 Å². The number of carbonyl (C=O) groups excluding carboxylic acids is 1. The molecule has 2 aliphatic rings. The molecule has 2 saturated heterocycles. The van der Waals surface area contributed by atoms with Crippen LogP contribution in [0.25, 0.3) is 0 Å². The highest BCUT2D eigenvalue weighted by molar-refractivity contribution is 6.30. The molecule has 4 rings (SSSR count). The summed E-state index contributed by atoms with van der Waals surface area (Å²) in [5.41, 5.74) is 8.11. The van der Waals surface area contributed by atoms with Crippen molar-refractivity contribution in [3.63, 3.8) is 0 Å². The van der Waals surface area contributed by atoms with Gasteiger partial charge in [-0.2, -0.15) is 0 Å². The van der Waals surface area contributed by atoms with Gasteiger partial charge < -0.3 is 15.4 Å². The van der Waals surface area contributed by atoms with Crippen LogP contribution in [0.4, 0.5) is 0 Å². The van der Waals surface area contributed by atoms with Crippen LogP contribution in [0.3, 0.4) is 0 Å². The first-order chi connectivity index (χ1) is 13.1. The van der Waals surface area contributed by atoms with Crippen molar-refractivity contribution < 1.29 is 9.53 Å². The zero-order valence-corrected chi connectivity index (χ0v) is 16.1. The fourth-order valence-electron chi connectivity index (χ4n) is 4.47.